The van der Waals surface area contributed by atoms with E-state index in [0.29, 0.717) is 13.2 Å². The van der Waals surface area contributed by atoms with Crippen LogP contribution in [0.4, 0.5) is 0 Å². The summed E-state index contributed by atoms with van der Waals surface area (Å²) in [6, 6.07) is 6.33. The van der Waals surface area contributed by atoms with Gasteiger partial charge in [-0.15, -0.1) is 0 Å². The zero-order valence-corrected chi connectivity index (χ0v) is 15.9. The molecule has 1 aromatic carbocycles. The van der Waals surface area contributed by atoms with Gasteiger partial charge in [0.05, 0.1) is 6.61 Å². The monoisotopic (exact) mass is 347 g/mol. The average Bonchev–Trinajstić information content (AvgIpc) is 3.44. The number of aliphatic imine (C=N–C) groups is 1. The Morgan fingerprint density at radius 2 is 2.04 bits per heavy atom. The van der Waals surface area contributed by atoms with Gasteiger partial charge in [-0.05, 0) is 37.3 Å². The van der Waals surface area contributed by atoms with E-state index >= 15 is 0 Å². The second-order valence-corrected chi connectivity index (χ2v) is 6.74. The molecule has 5 nitrogen and oxygen atoms in total. The Labute approximate surface area is 152 Å². The van der Waals surface area contributed by atoms with Gasteiger partial charge in [-0.25, -0.2) is 0 Å². The van der Waals surface area contributed by atoms with Gasteiger partial charge >= 0.3 is 0 Å². The summed E-state index contributed by atoms with van der Waals surface area (Å²) < 4.78 is 11.0. The van der Waals surface area contributed by atoms with Crippen LogP contribution in [0.25, 0.3) is 0 Å². The van der Waals surface area contributed by atoms with Gasteiger partial charge in [0.15, 0.2) is 5.96 Å². The third-order valence-corrected chi connectivity index (χ3v) is 4.42. The van der Waals surface area contributed by atoms with Crippen molar-refractivity contribution in [3.8, 4) is 5.75 Å². The minimum Gasteiger partial charge on any atom is -0.493 e. The lowest BCUT2D eigenvalue weighted by atomic mass is 10.1. The molecule has 0 atom stereocenters. The van der Waals surface area contributed by atoms with Crippen LogP contribution in [0.2, 0.25) is 0 Å². The van der Waals surface area contributed by atoms with Crippen molar-refractivity contribution in [1.29, 1.82) is 0 Å². The Balaban J connectivity index is 1.78. The van der Waals surface area contributed by atoms with Gasteiger partial charge in [0.25, 0.3) is 0 Å². The van der Waals surface area contributed by atoms with Crippen LogP contribution in [0.3, 0.4) is 0 Å². The van der Waals surface area contributed by atoms with Crippen LogP contribution in [-0.4, -0.2) is 39.9 Å². The molecule has 0 spiro atoms. The van der Waals surface area contributed by atoms with E-state index in [2.05, 4.69) is 40.7 Å². The minimum atomic E-state index is 0.665. The Hall–Kier alpha value is -1.75. The van der Waals surface area contributed by atoms with Crippen molar-refractivity contribution in [1.82, 2.24) is 10.6 Å². The zero-order chi connectivity index (χ0) is 17.9. The van der Waals surface area contributed by atoms with E-state index < -0.39 is 0 Å². The van der Waals surface area contributed by atoms with Crippen LogP contribution < -0.4 is 15.4 Å². The van der Waals surface area contributed by atoms with Crippen LogP contribution in [0.1, 0.15) is 43.2 Å². The molecule has 0 bridgehead atoms. The van der Waals surface area contributed by atoms with Crippen molar-refractivity contribution in [2.24, 2.45) is 10.9 Å². The van der Waals surface area contributed by atoms with Gasteiger partial charge in [-0.3, -0.25) is 4.99 Å². The van der Waals surface area contributed by atoms with Crippen molar-refractivity contribution >= 4 is 5.96 Å². The molecule has 0 heterocycles. The summed E-state index contributed by atoms with van der Waals surface area (Å²) >= 11 is 0. The van der Waals surface area contributed by atoms with E-state index in [1.807, 2.05) is 7.05 Å². The molecule has 25 heavy (non-hydrogen) atoms. The number of nitrogens with one attached hydrogen (secondary N) is 2. The molecule has 2 N–H and O–H groups in total. The van der Waals surface area contributed by atoms with Gasteiger partial charge in [0.1, 0.15) is 5.75 Å². The van der Waals surface area contributed by atoms with Crippen molar-refractivity contribution in [2.75, 3.05) is 33.9 Å². The fourth-order valence-corrected chi connectivity index (χ4v) is 2.73. The average molecular weight is 348 g/mol. The Morgan fingerprint density at radius 1 is 1.20 bits per heavy atom. The van der Waals surface area contributed by atoms with E-state index in [0.717, 1.165) is 42.8 Å². The molecule has 140 valence electrons. The van der Waals surface area contributed by atoms with Gasteiger partial charge in [0, 0.05) is 45.8 Å². The SMILES string of the molecule is CN=C(NCCCC1CC1)NCc1ccc(C)cc1OCCCOC. The van der Waals surface area contributed by atoms with E-state index in [1.54, 1.807) is 7.11 Å². The molecule has 1 aliphatic rings. The molecule has 0 aromatic heterocycles. The van der Waals surface area contributed by atoms with Crippen LogP contribution in [0.15, 0.2) is 23.2 Å². The molecule has 1 aromatic rings. The molecule has 0 radical (unpaired) electrons. The molecule has 0 amide bonds. The summed E-state index contributed by atoms with van der Waals surface area (Å²) in [4.78, 5) is 4.31. The first-order valence-electron chi connectivity index (χ1n) is 9.38. The number of hydrogen-bond donors (Lipinski definition) is 2. The van der Waals surface area contributed by atoms with Crippen LogP contribution in [0, 0.1) is 12.8 Å². The minimum absolute atomic E-state index is 0.665. The van der Waals surface area contributed by atoms with E-state index in [4.69, 9.17) is 9.47 Å². The predicted octanol–water partition coefficient (Wildman–Crippen LogP) is 3.27. The summed E-state index contributed by atoms with van der Waals surface area (Å²) in [7, 11) is 3.53. The van der Waals surface area contributed by atoms with Crippen molar-refractivity contribution in [3.05, 3.63) is 29.3 Å². The van der Waals surface area contributed by atoms with Gasteiger partial charge in [-0.2, -0.15) is 0 Å². The maximum absolute atomic E-state index is 5.94. The van der Waals surface area contributed by atoms with E-state index in [-0.39, 0.29) is 0 Å². The third-order valence-electron chi connectivity index (χ3n) is 4.42. The molecule has 1 aliphatic carbocycles. The zero-order valence-electron chi connectivity index (χ0n) is 15.9. The van der Waals surface area contributed by atoms with Gasteiger partial charge < -0.3 is 20.1 Å². The van der Waals surface area contributed by atoms with Gasteiger partial charge in [-0.1, -0.05) is 25.0 Å². The molecule has 0 aliphatic heterocycles. The summed E-state index contributed by atoms with van der Waals surface area (Å²) in [5.74, 6) is 2.77. The first-order chi connectivity index (χ1) is 12.2. The second-order valence-electron chi connectivity index (χ2n) is 6.74. The third kappa shape index (κ3) is 7.78. The predicted molar refractivity (Wildman–Crippen MR) is 103 cm³/mol. The van der Waals surface area contributed by atoms with Crippen molar-refractivity contribution in [3.63, 3.8) is 0 Å². The first kappa shape index (κ1) is 19.6. The molecule has 5 heteroatoms. The lowest BCUT2D eigenvalue weighted by molar-refractivity contribution is 0.172. The number of hydrogen-bond acceptors (Lipinski definition) is 3. The fraction of sp³-hybridized carbons (Fsp3) is 0.650. The molecule has 0 unspecified atom stereocenters. The Morgan fingerprint density at radius 3 is 2.76 bits per heavy atom. The number of benzene rings is 1. The first-order valence-corrected chi connectivity index (χ1v) is 9.38. The fourth-order valence-electron chi connectivity index (χ4n) is 2.73. The van der Waals surface area contributed by atoms with Gasteiger partial charge in [0.2, 0.25) is 0 Å². The molecule has 1 fully saturated rings. The normalized spacial score (nSPS) is 14.4. The largest absolute Gasteiger partial charge is 0.493 e. The Bertz CT molecular complexity index is 542. The van der Waals surface area contributed by atoms with E-state index in [1.165, 1.54) is 31.2 Å². The second kappa shape index (κ2) is 11.0. The smallest absolute Gasteiger partial charge is 0.191 e. The highest BCUT2D eigenvalue weighted by Gasteiger charge is 2.19. The quantitative estimate of drug-likeness (QED) is 0.366. The van der Waals surface area contributed by atoms with Crippen molar-refractivity contribution in [2.45, 2.75) is 45.6 Å². The number of aryl methyl sites for hydroxylation is 1. The standard InChI is InChI=1S/C20H33N3O2/c1-16-7-10-18(19(14-16)25-13-5-12-24-3)15-23-20(21-2)22-11-4-6-17-8-9-17/h7,10,14,17H,4-6,8-9,11-13,15H2,1-3H3,(H2,21,22,23). The maximum Gasteiger partial charge on any atom is 0.191 e. The molecule has 1 saturated carbocycles. The number of methoxy groups -OCH3 is 1. The highest BCUT2D eigenvalue weighted by atomic mass is 16.5. The summed E-state index contributed by atoms with van der Waals surface area (Å²) in [5, 5.41) is 6.78. The van der Waals surface area contributed by atoms with E-state index in [9.17, 15) is 0 Å². The van der Waals surface area contributed by atoms with Crippen LogP contribution in [-0.2, 0) is 11.3 Å². The molecule has 2 rings (SSSR count). The number of ether oxygens (including phenoxy) is 2. The van der Waals surface area contributed by atoms with Crippen LogP contribution >= 0.6 is 0 Å². The Kier molecular flexibility index (Phi) is 8.60. The topological polar surface area (TPSA) is 54.9 Å². The summed E-state index contributed by atoms with van der Waals surface area (Å²) in [6.07, 6.45) is 6.29. The number of guanidine groups is 1. The van der Waals surface area contributed by atoms with Crippen molar-refractivity contribution < 1.29 is 9.47 Å². The van der Waals surface area contributed by atoms with Crippen LogP contribution in [0.5, 0.6) is 5.75 Å². The molecular formula is C20H33N3O2. The number of nitrogens with zero attached hydrogens (tertiary/aromatic N) is 1. The number of rotatable bonds is 11. The molecular weight excluding hydrogens is 314 g/mol. The highest BCUT2D eigenvalue weighted by molar-refractivity contribution is 5.79. The molecule has 0 saturated heterocycles. The summed E-state index contributed by atoms with van der Waals surface area (Å²) in [6.45, 7) is 5.14. The maximum atomic E-state index is 5.94. The lowest BCUT2D eigenvalue weighted by Crippen LogP contribution is -2.37. The lowest BCUT2D eigenvalue weighted by Gasteiger charge is -2.15. The summed E-state index contributed by atoms with van der Waals surface area (Å²) in [5.41, 5.74) is 2.34. The highest BCUT2D eigenvalue weighted by Crippen LogP contribution is 2.33.